The summed E-state index contributed by atoms with van der Waals surface area (Å²) in [5.74, 6) is 0. The van der Waals surface area contributed by atoms with E-state index in [1.54, 1.807) is 11.3 Å². The van der Waals surface area contributed by atoms with Crippen LogP contribution in [0.4, 0.5) is 0 Å². The van der Waals surface area contributed by atoms with Crippen LogP contribution < -0.4 is 0 Å². The topological polar surface area (TPSA) is 3.24 Å². The first-order valence-corrected chi connectivity index (χ1v) is 7.76. The number of hydrogen-bond donors (Lipinski definition) is 0. The quantitative estimate of drug-likeness (QED) is 0.735. The van der Waals surface area contributed by atoms with Gasteiger partial charge in [0.25, 0.3) is 0 Å². The Hall–Kier alpha value is -0.160. The Morgan fingerprint density at radius 1 is 1.06 bits per heavy atom. The highest BCUT2D eigenvalue weighted by atomic mass is 79.9. The Morgan fingerprint density at radius 3 is 2.35 bits per heavy atom. The molecular weight excluding hydrogens is 362 g/mol. The number of halogens is 2. The fraction of sp³-hybridized carbons (Fsp3) is 0.231. The second kappa shape index (κ2) is 6.14. The number of rotatable bonds is 4. The molecule has 2 aromatic rings. The summed E-state index contributed by atoms with van der Waals surface area (Å²) < 4.78 is 2.34. The van der Waals surface area contributed by atoms with Gasteiger partial charge in [0, 0.05) is 26.9 Å². The van der Waals surface area contributed by atoms with Crippen molar-refractivity contribution in [1.29, 1.82) is 0 Å². The molecule has 90 valence electrons. The van der Waals surface area contributed by atoms with E-state index in [-0.39, 0.29) is 0 Å². The van der Waals surface area contributed by atoms with E-state index in [0.29, 0.717) is 0 Å². The monoisotopic (exact) mass is 373 g/mol. The van der Waals surface area contributed by atoms with Gasteiger partial charge >= 0.3 is 0 Å². The molecule has 1 aromatic heterocycles. The first-order valence-electron chi connectivity index (χ1n) is 5.30. The summed E-state index contributed by atoms with van der Waals surface area (Å²) in [5.41, 5.74) is 1.34. The fourth-order valence-corrected chi connectivity index (χ4v) is 3.46. The summed E-state index contributed by atoms with van der Waals surface area (Å²) in [6.45, 7) is 1.95. The molecular formula is C13H13Br2NS. The molecule has 0 N–H and O–H groups in total. The number of thiophene rings is 1. The van der Waals surface area contributed by atoms with Crippen molar-refractivity contribution in [1.82, 2.24) is 4.90 Å². The van der Waals surface area contributed by atoms with Gasteiger partial charge in [-0.3, -0.25) is 4.90 Å². The van der Waals surface area contributed by atoms with Crippen molar-refractivity contribution in [3.63, 3.8) is 0 Å². The van der Waals surface area contributed by atoms with Crippen LogP contribution in [0.5, 0.6) is 0 Å². The first kappa shape index (κ1) is 13.3. The second-order valence-corrected chi connectivity index (χ2v) is 6.76. The van der Waals surface area contributed by atoms with E-state index in [1.165, 1.54) is 14.9 Å². The lowest BCUT2D eigenvalue weighted by molar-refractivity contribution is 0.321. The van der Waals surface area contributed by atoms with E-state index < -0.39 is 0 Å². The summed E-state index contributed by atoms with van der Waals surface area (Å²) in [6, 6.07) is 10.6. The minimum Gasteiger partial charge on any atom is -0.297 e. The standard InChI is InChI=1S/C13H13Br2NS/c1-16(9-13-12(15)6-7-17-13)8-10-2-4-11(14)5-3-10/h2-7H,8-9H2,1H3. The molecule has 1 nitrogen and oxygen atoms in total. The molecule has 0 spiro atoms. The summed E-state index contributed by atoms with van der Waals surface area (Å²) in [6.07, 6.45) is 0. The number of nitrogens with zero attached hydrogens (tertiary/aromatic N) is 1. The number of benzene rings is 1. The van der Waals surface area contributed by atoms with Crippen LogP contribution in [0.25, 0.3) is 0 Å². The smallest absolute Gasteiger partial charge is 0.0339 e. The molecule has 0 unspecified atom stereocenters. The zero-order valence-electron chi connectivity index (χ0n) is 9.49. The van der Waals surface area contributed by atoms with E-state index in [1.807, 2.05) is 0 Å². The largest absolute Gasteiger partial charge is 0.297 e. The van der Waals surface area contributed by atoms with Crippen molar-refractivity contribution in [3.8, 4) is 0 Å². The van der Waals surface area contributed by atoms with Gasteiger partial charge in [0.1, 0.15) is 0 Å². The fourth-order valence-electron chi connectivity index (χ4n) is 1.64. The molecule has 0 saturated heterocycles. The van der Waals surface area contributed by atoms with Crippen molar-refractivity contribution < 1.29 is 0 Å². The van der Waals surface area contributed by atoms with Gasteiger partial charge in [-0.2, -0.15) is 0 Å². The third-order valence-electron chi connectivity index (χ3n) is 2.47. The Bertz CT molecular complexity index is 478. The average Bonchev–Trinajstić information content (AvgIpc) is 2.68. The van der Waals surface area contributed by atoms with Crippen LogP contribution in [0.1, 0.15) is 10.4 Å². The van der Waals surface area contributed by atoms with Crippen molar-refractivity contribution in [2.45, 2.75) is 13.1 Å². The van der Waals surface area contributed by atoms with Gasteiger partial charge in [0.05, 0.1) is 0 Å². The van der Waals surface area contributed by atoms with E-state index in [9.17, 15) is 0 Å². The maximum atomic E-state index is 3.57. The zero-order valence-corrected chi connectivity index (χ0v) is 13.5. The predicted octanol–water partition coefficient (Wildman–Crippen LogP) is 4.91. The molecule has 1 heterocycles. The van der Waals surface area contributed by atoms with Crippen LogP contribution in [0, 0.1) is 0 Å². The SMILES string of the molecule is CN(Cc1ccc(Br)cc1)Cc1sccc1Br. The van der Waals surface area contributed by atoms with Gasteiger partial charge in [-0.25, -0.2) is 0 Å². The van der Waals surface area contributed by atoms with E-state index in [2.05, 4.69) is 79.5 Å². The Kier molecular flexibility index (Phi) is 4.79. The van der Waals surface area contributed by atoms with Gasteiger partial charge in [-0.1, -0.05) is 28.1 Å². The molecule has 17 heavy (non-hydrogen) atoms. The summed E-state index contributed by atoms with van der Waals surface area (Å²) in [7, 11) is 2.15. The molecule has 0 amide bonds. The van der Waals surface area contributed by atoms with Gasteiger partial charge < -0.3 is 0 Å². The molecule has 4 heteroatoms. The lowest BCUT2D eigenvalue weighted by Crippen LogP contribution is -2.16. The van der Waals surface area contributed by atoms with Crippen LogP contribution >= 0.6 is 43.2 Å². The van der Waals surface area contributed by atoms with Crippen molar-refractivity contribution in [2.75, 3.05) is 7.05 Å². The van der Waals surface area contributed by atoms with E-state index in [0.717, 1.165) is 17.6 Å². The molecule has 0 aliphatic rings. The third kappa shape index (κ3) is 3.91. The van der Waals surface area contributed by atoms with Gasteiger partial charge in [-0.05, 0) is 52.1 Å². The summed E-state index contributed by atoms with van der Waals surface area (Å²) in [4.78, 5) is 3.70. The Morgan fingerprint density at radius 2 is 1.76 bits per heavy atom. The zero-order chi connectivity index (χ0) is 12.3. The molecule has 0 aliphatic carbocycles. The van der Waals surface area contributed by atoms with Gasteiger partial charge in [0.2, 0.25) is 0 Å². The molecule has 0 aliphatic heterocycles. The predicted molar refractivity (Wildman–Crippen MR) is 81.3 cm³/mol. The molecule has 0 saturated carbocycles. The maximum Gasteiger partial charge on any atom is 0.0339 e. The highest BCUT2D eigenvalue weighted by Crippen LogP contribution is 2.24. The second-order valence-electron chi connectivity index (χ2n) is 3.99. The molecule has 2 rings (SSSR count). The van der Waals surface area contributed by atoms with E-state index in [4.69, 9.17) is 0 Å². The van der Waals surface area contributed by atoms with Gasteiger partial charge in [0.15, 0.2) is 0 Å². The van der Waals surface area contributed by atoms with Crippen LogP contribution in [-0.4, -0.2) is 11.9 Å². The van der Waals surface area contributed by atoms with Crippen molar-refractivity contribution in [3.05, 3.63) is 55.1 Å². The molecule has 0 radical (unpaired) electrons. The lowest BCUT2D eigenvalue weighted by atomic mass is 10.2. The Labute approximate surface area is 123 Å². The minimum absolute atomic E-state index is 0.970. The molecule has 0 fully saturated rings. The molecule has 1 aromatic carbocycles. The third-order valence-corrected chi connectivity index (χ3v) is 4.91. The average molecular weight is 375 g/mol. The van der Waals surface area contributed by atoms with Gasteiger partial charge in [-0.15, -0.1) is 11.3 Å². The molecule has 0 atom stereocenters. The van der Waals surface area contributed by atoms with Crippen LogP contribution in [0.3, 0.4) is 0 Å². The minimum atomic E-state index is 0.970. The number of hydrogen-bond acceptors (Lipinski definition) is 2. The van der Waals surface area contributed by atoms with E-state index >= 15 is 0 Å². The highest BCUT2D eigenvalue weighted by Gasteiger charge is 2.06. The van der Waals surface area contributed by atoms with Crippen molar-refractivity contribution >= 4 is 43.2 Å². The molecule has 0 bridgehead atoms. The van der Waals surface area contributed by atoms with Crippen LogP contribution in [0.2, 0.25) is 0 Å². The summed E-state index contributed by atoms with van der Waals surface area (Å²) >= 11 is 8.81. The lowest BCUT2D eigenvalue weighted by Gasteiger charge is -2.16. The summed E-state index contributed by atoms with van der Waals surface area (Å²) in [5, 5.41) is 2.12. The highest BCUT2D eigenvalue weighted by molar-refractivity contribution is 9.10. The first-order chi connectivity index (χ1) is 8.15. The maximum absolute atomic E-state index is 3.57. The van der Waals surface area contributed by atoms with Crippen molar-refractivity contribution in [2.24, 2.45) is 0 Å². The van der Waals surface area contributed by atoms with Crippen LogP contribution in [-0.2, 0) is 13.1 Å². The van der Waals surface area contributed by atoms with Crippen LogP contribution in [0.15, 0.2) is 44.7 Å². The Balaban J connectivity index is 1.95. The normalized spacial score (nSPS) is 11.1.